The zero-order chi connectivity index (χ0) is 17.1. The van der Waals surface area contributed by atoms with E-state index in [1.807, 2.05) is 26.0 Å². The maximum Gasteiger partial charge on any atom is 0.287 e. The Morgan fingerprint density at radius 2 is 1.83 bits per heavy atom. The molecule has 0 aliphatic heterocycles. The van der Waals surface area contributed by atoms with E-state index in [1.165, 1.54) is 6.26 Å². The van der Waals surface area contributed by atoms with Crippen molar-refractivity contribution in [2.24, 2.45) is 0 Å². The van der Waals surface area contributed by atoms with Gasteiger partial charge >= 0.3 is 0 Å². The highest BCUT2D eigenvalue weighted by atomic mass is 16.3. The third-order valence-corrected chi connectivity index (χ3v) is 4.01. The summed E-state index contributed by atoms with van der Waals surface area (Å²) in [7, 11) is 0. The maximum absolute atomic E-state index is 12.2. The molecule has 0 aliphatic carbocycles. The van der Waals surface area contributed by atoms with E-state index in [0.29, 0.717) is 18.7 Å². The predicted octanol–water partition coefficient (Wildman–Crippen LogP) is 2.54. The fourth-order valence-electron chi connectivity index (χ4n) is 2.55. The van der Waals surface area contributed by atoms with Crippen LogP contribution in [0.2, 0.25) is 0 Å². The van der Waals surface area contributed by atoms with E-state index in [4.69, 9.17) is 4.42 Å². The molecular weight excluding hydrogens is 306 g/mol. The molecular formula is C18H19N3O3. The lowest BCUT2D eigenvalue weighted by atomic mass is 10.1. The standard InChI is InChI=1S/C18H19N3O3/c1-11-12(2)21-15-6-5-13(10-14(11)15)17(22)19-7-8-20-18(23)16-4-3-9-24-16/h3-6,9-10,21H,7-8H2,1-2H3,(H,19,22)(H,20,23). The van der Waals surface area contributed by atoms with Gasteiger partial charge in [-0.1, -0.05) is 0 Å². The van der Waals surface area contributed by atoms with Gasteiger partial charge in [0.1, 0.15) is 0 Å². The van der Waals surface area contributed by atoms with Crippen molar-refractivity contribution in [2.45, 2.75) is 13.8 Å². The number of benzene rings is 1. The van der Waals surface area contributed by atoms with Gasteiger partial charge in [0.05, 0.1) is 6.26 Å². The van der Waals surface area contributed by atoms with E-state index in [-0.39, 0.29) is 17.6 Å². The summed E-state index contributed by atoms with van der Waals surface area (Å²) < 4.78 is 4.99. The first-order chi connectivity index (χ1) is 11.6. The molecule has 0 spiro atoms. The van der Waals surface area contributed by atoms with Crippen LogP contribution in [0.15, 0.2) is 41.0 Å². The molecule has 0 unspecified atom stereocenters. The van der Waals surface area contributed by atoms with Gasteiger partial charge in [-0.25, -0.2) is 0 Å². The van der Waals surface area contributed by atoms with Crippen molar-refractivity contribution in [2.75, 3.05) is 13.1 Å². The van der Waals surface area contributed by atoms with Gasteiger partial charge in [0.2, 0.25) is 0 Å². The number of H-pyrrole nitrogens is 1. The van der Waals surface area contributed by atoms with Crippen LogP contribution in [0, 0.1) is 13.8 Å². The Bertz CT molecular complexity index is 878. The number of furan rings is 1. The van der Waals surface area contributed by atoms with Crippen molar-refractivity contribution in [3.05, 3.63) is 59.2 Å². The zero-order valence-corrected chi connectivity index (χ0v) is 13.6. The van der Waals surface area contributed by atoms with Crippen LogP contribution in [0.3, 0.4) is 0 Å². The second kappa shape index (κ2) is 6.62. The molecule has 0 radical (unpaired) electrons. The topological polar surface area (TPSA) is 87.1 Å². The molecule has 2 heterocycles. The molecule has 0 saturated heterocycles. The first kappa shape index (κ1) is 15.9. The third-order valence-electron chi connectivity index (χ3n) is 4.01. The number of aromatic amines is 1. The molecule has 0 aliphatic rings. The highest BCUT2D eigenvalue weighted by molar-refractivity contribution is 5.99. The number of rotatable bonds is 5. The van der Waals surface area contributed by atoms with Crippen molar-refractivity contribution in [1.29, 1.82) is 0 Å². The molecule has 0 fully saturated rings. The summed E-state index contributed by atoms with van der Waals surface area (Å²) in [6, 6.07) is 8.81. The van der Waals surface area contributed by atoms with Gasteiger partial charge in [0.15, 0.2) is 5.76 Å². The molecule has 6 nitrogen and oxygen atoms in total. The summed E-state index contributed by atoms with van der Waals surface area (Å²) in [5.74, 6) is -0.207. The number of fused-ring (bicyclic) bond motifs is 1. The van der Waals surface area contributed by atoms with Crippen LogP contribution in [0.1, 0.15) is 32.2 Å². The monoisotopic (exact) mass is 325 g/mol. The molecule has 3 rings (SSSR count). The van der Waals surface area contributed by atoms with Gasteiger partial charge in [0.25, 0.3) is 11.8 Å². The van der Waals surface area contributed by atoms with Gasteiger partial charge in [-0.05, 0) is 49.7 Å². The van der Waals surface area contributed by atoms with Crippen molar-refractivity contribution in [1.82, 2.24) is 15.6 Å². The van der Waals surface area contributed by atoms with Crippen LogP contribution in [0.4, 0.5) is 0 Å². The summed E-state index contributed by atoms with van der Waals surface area (Å²) in [4.78, 5) is 27.2. The highest BCUT2D eigenvalue weighted by Crippen LogP contribution is 2.22. The van der Waals surface area contributed by atoms with Gasteiger partial charge in [-0.2, -0.15) is 0 Å². The molecule has 2 amide bonds. The Morgan fingerprint density at radius 3 is 2.54 bits per heavy atom. The van der Waals surface area contributed by atoms with E-state index in [0.717, 1.165) is 22.2 Å². The van der Waals surface area contributed by atoms with Crippen LogP contribution in [-0.2, 0) is 0 Å². The zero-order valence-electron chi connectivity index (χ0n) is 13.6. The van der Waals surface area contributed by atoms with Crippen molar-refractivity contribution < 1.29 is 14.0 Å². The van der Waals surface area contributed by atoms with Gasteiger partial charge in [-0.15, -0.1) is 0 Å². The molecule has 2 aromatic heterocycles. The van der Waals surface area contributed by atoms with E-state index >= 15 is 0 Å². The van der Waals surface area contributed by atoms with Crippen LogP contribution in [-0.4, -0.2) is 29.9 Å². The third kappa shape index (κ3) is 3.17. The van der Waals surface area contributed by atoms with Crippen molar-refractivity contribution in [3.63, 3.8) is 0 Å². The number of hydrogen-bond acceptors (Lipinski definition) is 3. The Hall–Kier alpha value is -3.02. The fraction of sp³-hybridized carbons (Fsp3) is 0.222. The summed E-state index contributed by atoms with van der Waals surface area (Å²) in [5.41, 5.74) is 3.86. The Labute approximate surface area is 139 Å². The molecule has 1 aromatic carbocycles. The second-order valence-electron chi connectivity index (χ2n) is 5.62. The van der Waals surface area contributed by atoms with Crippen LogP contribution < -0.4 is 10.6 Å². The number of aryl methyl sites for hydroxylation is 2. The van der Waals surface area contributed by atoms with Crippen molar-refractivity contribution in [3.8, 4) is 0 Å². The Balaban J connectivity index is 1.55. The number of amides is 2. The Kier molecular flexibility index (Phi) is 4.37. The smallest absolute Gasteiger partial charge is 0.287 e. The number of aromatic nitrogens is 1. The average Bonchev–Trinajstić information content (AvgIpc) is 3.20. The number of carbonyl (C=O) groups excluding carboxylic acids is 2. The molecule has 3 N–H and O–H groups in total. The molecule has 3 aromatic rings. The summed E-state index contributed by atoms with van der Waals surface area (Å²) >= 11 is 0. The molecule has 0 saturated carbocycles. The predicted molar refractivity (Wildman–Crippen MR) is 91.1 cm³/mol. The van der Waals surface area contributed by atoms with Crippen LogP contribution in [0.25, 0.3) is 10.9 Å². The largest absolute Gasteiger partial charge is 0.459 e. The SMILES string of the molecule is Cc1[nH]c2ccc(C(=O)NCCNC(=O)c3ccco3)cc2c1C. The average molecular weight is 325 g/mol. The first-order valence-corrected chi connectivity index (χ1v) is 7.75. The lowest BCUT2D eigenvalue weighted by Gasteiger charge is -2.06. The van der Waals surface area contributed by atoms with Crippen LogP contribution >= 0.6 is 0 Å². The normalized spacial score (nSPS) is 10.8. The molecule has 124 valence electrons. The van der Waals surface area contributed by atoms with Crippen LogP contribution in [0.5, 0.6) is 0 Å². The van der Waals surface area contributed by atoms with Gasteiger partial charge in [-0.3, -0.25) is 9.59 Å². The lowest BCUT2D eigenvalue weighted by Crippen LogP contribution is -2.34. The number of carbonyl (C=O) groups is 2. The van der Waals surface area contributed by atoms with E-state index in [1.54, 1.807) is 18.2 Å². The summed E-state index contributed by atoms with van der Waals surface area (Å²) in [6.45, 7) is 4.71. The lowest BCUT2D eigenvalue weighted by molar-refractivity contribution is 0.0910. The molecule has 24 heavy (non-hydrogen) atoms. The van der Waals surface area contributed by atoms with Gasteiger partial charge < -0.3 is 20.0 Å². The first-order valence-electron chi connectivity index (χ1n) is 7.75. The van der Waals surface area contributed by atoms with Gasteiger partial charge in [0, 0.05) is 35.2 Å². The second-order valence-corrected chi connectivity index (χ2v) is 5.62. The molecule has 0 atom stereocenters. The Morgan fingerprint density at radius 1 is 1.08 bits per heavy atom. The summed E-state index contributed by atoms with van der Waals surface area (Å²) in [6.07, 6.45) is 1.44. The minimum absolute atomic E-state index is 0.164. The molecule has 6 heteroatoms. The number of nitrogens with one attached hydrogen (secondary N) is 3. The van der Waals surface area contributed by atoms with E-state index in [2.05, 4.69) is 15.6 Å². The fourth-order valence-corrected chi connectivity index (χ4v) is 2.55. The minimum Gasteiger partial charge on any atom is -0.459 e. The maximum atomic E-state index is 12.2. The van der Waals surface area contributed by atoms with E-state index in [9.17, 15) is 9.59 Å². The van der Waals surface area contributed by atoms with E-state index < -0.39 is 0 Å². The van der Waals surface area contributed by atoms with Crippen molar-refractivity contribution >= 4 is 22.7 Å². The highest BCUT2D eigenvalue weighted by Gasteiger charge is 2.10. The minimum atomic E-state index is -0.297. The summed E-state index contributed by atoms with van der Waals surface area (Å²) in [5, 5.41) is 6.53. The molecule has 0 bridgehead atoms. The number of hydrogen-bond donors (Lipinski definition) is 3. The quantitative estimate of drug-likeness (QED) is 0.630.